The van der Waals surface area contributed by atoms with Gasteiger partial charge in [-0.3, -0.25) is 9.51 Å². The van der Waals surface area contributed by atoms with Crippen molar-refractivity contribution in [3.8, 4) is 11.6 Å². The van der Waals surface area contributed by atoms with Crippen molar-refractivity contribution in [3.05, 3.63) is 45.9 Å². The number of H-pyrrole nitrogens is 1. The molecule has 2 fully saturated rings. The van der Waals surface area contributed by atoms with Gasteiger partial charge < -0.3 is 15.2 Å². The second kappa shape index (κ2) is 12.0. The molecule has 2 saturated carbocycles. The number of imidazole rings is 1. The fraction of sp³-hybridized carbons (Fsp3) is 0.567. The van der Waals surface area contributed by atoms with Gasteiger partial charge >= 0.3 is 11.9 Å². The van der Waals surface area contributed by atoms with Gasteiger partial charge in [-0.1, -0.05) is 49.9 Å². The first-order valence-electron chi connectivity index (χ1n) is 15.2. The van der Waals surface area contributed by atoms with E-state index >= 15 is 0 Å². The monoisotopic (exact) mass is 598 g/mol. The topological polar surface area (TPSA) is 127 Å². The normalized spacial score (nSPS) is 18.0. The van der Waals surface area contributed by atoms with Gasteiger partial charge in [0.15, 0.2) is 11.5 Å². The van der Waals surface area contributed by atoms with Crippen LogP contribution in [0.4, 0.5) is 24.9 Å². The van der Waals surface area contributed by atoms with Crippen molar-refractivity contribution >= 4 is 22.9 Å². The average molecular weight is 599 g/mol. The molecular weight excluding hydrogens is 561 g/mol. The van der Waals surface area contributed by atoms with Gasteiger partial charge in [0.05, 0.1) is 12.1 Å². The molecule has 13 heteroatoms. The van der Waals surface area contributed by atoms with Crippen molar-refractivity contribution in [1.29, 1.82) is 0 Å². The highest BCUT2D eigenvalue weighted by molar-refractivity contribution is 5.87. The van der Waals surface area contributed by atoms with E-state index in [0.717, 1.165) is 44.2 Å². The van der Waals surface area contributed by atoms with E-state index in [4.69, 9.17) is 14.5 Å². The van der Waals surface area contributed by atoms with Crippen LogP contribution in [0.25, 0.3) is 22.8 Å². The summed E-state index contributed by atoms with van der Waals surface area (Å²) in [5.41, 5.74) is 0.996. The highest BCUT2D eigenvalue weighted by Gasteiger charge is 2.31. The van der Waals surface area contributed by atoms with Crippen LogP contribution < -0.4 is 16.4 Å². The van der Waals surface area contributed by atoms with Gasteiger partial charge in [0.1, 0.15) is 5.52 Å². The summed E-state index contributed by atoms with van der Waals surface area (Å²) < 4.78 is 46.6. The highest BCUT2D eigenvalue weighted by atomic mass is 19.4. The predicted octanol–water partition coefficient (Wildman–Crippen LogP) is 6.61. The molecule has 2 aliphatic rings. The van der Waals surface area contributed by atoms with Gasteiger partial charge in [0.25, 0.3) is 0 Å². The molecule has 0 saturated heterocycles. The second-order valence-corrected chi connectivity index (χ2v) is 11.9. The van der Waals surface area contributed by atoms with E-state index in [1.807, 2.05) is 4.57 Å². The van der Waals surface area contributed by atoms with Gasteiger partial charge in [-0.05, 0) is 68.6 Å². The van der Waals surface area contributed by atoms with Crippen LogP contribution in [-0.4, -0.2) is 41.7 Å². The summed E-state index contributed by atoms with van der Waals surface area (Å²) in [7, 11) is 0. The maximum absolute atomic E-state index is 13.3. The zero-order valence-electron chi connectivity index (χ0n) is 24.4. The fourth-order valence-electron chi connectivity index (χ4n) is 6.34. The molecule has 6 rings (SSSR count). The summed E-state index contributed by atoms with van der Waals surface area (Å²) in [5, 5.41) is 11.0. The predicted molar refractivity (Wildman–Crippen MR) is 157 cm³/mol. The molecule has 0 bridgehead atoms. The minimum Gasteiger partial charge on any atom is -0.365 e. The third kappa shape index (κ3) is 6.25. The lowest BCUT2D eigenvalue weighted by Gasteiger charge is -2.32. The molecule has 3 heterocycles. The number of alkyl halides is 3. The summed E-state index contributed by atoms with van der Waals surface area (Å²) in [6.45, 7) is 4.52. The summed E-state index contributed by atoms with van der Waals surface area (Å²) in [4.78, 5) is 28.6. The van der Waals surface area contributed by atoms with E-state index in [1.165, 1.54) is 37.8 Å². The Hall–Kier alpha value is -3.90. The van der Waals surface area contributed by atoms with Crippen molar-refractivity contribution in [2.45, 2.75) is 96.4 Å². The number of nitrogens with one attached hydrogen (secondary N) is 3. The molecule has 43 heavy (non-hydrogen) atoms. The molecule has 230 valence electrons. The maximum Gasteiger partial charge on any atom is 0.439 e. The minimum absolute atomic E-state index is 0.0895. The molecule has 2 aliphatic carbocycles. The number of hydrogen-bond donors (Lipinski definition) is 3. The van der Waals surface area contributed by atoms with Crippen molar-refractivity contribution in [2.24, 2.45) is 11.8 Å². The lowest BCUT2D eigenvalue weighted by Crippen LogP contribution is -2.32. The molecule has 2 atom stereocenters. The number of hydrogen-bond acceptors (Lipinski definition) is 8. The lowest BCUT2D eigenvalue weighted by molar-refractivity contribution is -0.137. The van der Waals surface area contributed by atoms with Crippen LogP contribution >= 0.6 is 0 Å². The van der Waals surface area contributed by atoms with E-state index in [-0.39, 0.29) is 30.3 Å². The average Bonchev–Trinajstić information content (AvgIpc) is 3.54. The Morgan fingerprint density at radius 1 is 1.00 bits per heavy atom. The van der Waals surface area contributed by atoms with E-state index in [9.17, 15) is 18.0 Å². The lowest BCUT2D eigenvalue weighted by atomic mass is 9.80. The van der Waals surface area contributed by atoms with E-state index < -0.39 is 17.5 Å². The molecule has 0 aliphatic heterocycles. The zero-order valence-corrected chi connectivity index (χ0v) is 24.4. The van der Waals surface area contributed by atoms with Gasteiger partial charge in [-0.15, -0.1) is 0 Å². The number of aromatic nitrogens is 6. The molecule has 4 aromatic rings. The molecule has 3 N–H and O–H groups in total. The maximum atomic E-state index is 13.3. The van der Waals surface area contributed by atoms with Crippen LogP contribution in [0.15, 0.2) is 33.6 Å². The van der Waals surface area contributed by atoms with Crippen molar-refractivity contribution in [1.82, 2.24) is 29.7 Å². The third-order valence-electron chi connectivity index (χ3n) is 9.07. The smallest absolute Gasteiger partial charge is 0.365 e. The first-order chi connectivity index (χ1) is 20.7. The van der Waals surface area contributed by atoms with Gasteiger partial charge in [-0.25, -0.2) is 14.8 Å². The SMILES string of the molecule is CCC(Nc1nc2nc(-c3noc(=O)[nH]3)nc(N[C@H](C)C3CCC3)c2n1Cc1ccc(C(F)(F)F)cc1)C1CCCCC1. The third-order valence-corrected chi connectivity index (χ3v) is 9.07. The van der Waals surface area contributed by atoms with Gasteiger partial charge in [0, 0.05) is 12.1 Å². The van der Waals surface area contributed by atoms with Crippen LogP contribution in [0.3, 0.4) is 0 Å². The number of halogens is 3. The van der Waals surface area contributed by atoms with E-state index in [0.29, 0.717) is 40.3 Å². The van der Waals surface area contributed by atoms with E-state index in [1.54, 1.807) is 0 Å². The first kappa shape index (κ1) is 29.2. The van der Waals surface area contributed by atoms with Gasteiger partial charge in [-0.2, -0.15) is 18.2 Å². The van der Waals surface area contributed by atoms with Crippen molar-refractivity contribution < 1.29 is 17.7 Å². The Kier molecular flexibility index (Phi) is 8.15. The van der Waals surface area contributed by atoms with Crippen molar-refractivity contribution in [3.63, 3.8) is 0 Å². The summed E-state index contributed by atoms with van der Waals surface area (Å²) >= 11 is 0. The Morgan fingerprint density at radius 3 is 2.33 bits per heavy atom. The quantitative estimate of drug-likeness (QED) is 0.186. The van der Waals surface area contributed by atoms with Gasteiger partial charge in [0.2, 0.25) is 17.6 Å². The number of rotatable bonds is 10. The molecule has 1 unspecified atom stereocenters. The summed E-state index contributed by atoms with van der Waals surface area (Å²) in [5.74, 6) is 1.60. The number of benzene rings is 1. The second-order valence-electron chi connectivity index (χ2n) is 11.9. The number of aromatic amines is 1. The highest BCUT2D eigenvalue weighted by Crippen LogP contribution is 2.36. The number of nitrogens with zero attached hydrogens (tertiary/aromatic N) is 5. The Morgan fingerprint density at radius 2 is 1.72 bits per heavy atom. The molecule has 0 radical (unpaired) electrons. The molecule has 10 nitrogen and oxygen atoms in total. The summed E-state index contributed by atoms with van der Waals surface area (Å²) in [6.07, 6.45) is 5.81. The Balaban J connectivity index is 1.46. The number of fused-ring (bicyclic) bond motifs is 1. The largest absolute Gasteiger partial charge is 0.439 e. The fourth-order valence-corrected chi connectivity index (χ4v) is 6.34. The zero-order chi connectivity index (χ0) is 30.1. The van der Waals surface area contributed by atoms with E-state index in [2.05, 4.69) is 39.6 Å². The molecule has 0 amide bonds. The van der Waals surface area contributed by atoms with Crippen molar-refractivity contribution in [2.75, 3.05) is 10.6 Å². The Labute approximate surface area is 246 Å². The molecule has 1 aromatic carbocycles. The molecule has 0 spiro atoms. The molecule has 3 aromatic heterocycles. The summed E-state index contributed by atoms with van der Waals surface area (Å²) in [6, 6.07) is 5.48. The van der Waals surface area contributed by atoms with Crippen LogP contribution in [0.1, 0.15) is 82.8 Å². The van der Waals surface area contributed by atoms with Crippen LogP contribution in [0.5, 0.6) is 0 Å². The van der Waals surface area contributed by atoms with Crippen LogP contribution in [-0.2, 0) is 12.7 Å². The molecular formula is C30H37F3N8O2. The number of anilines is 2. The Bertz CT molecular complexity index is 1600. The first-order valence-corrected chi connectivity index (χ1v) is 15.2. The van der Waals surface area contributed by atoms with Crippen LogP contribution in [0.2, 0.25) is 0 Å². The standard InChI is InChI=1S/C30H37F3N8O2/c1-3-22(20-8-5-4-6-9-20)35-28-38-25-23(41(28)16-18-12-14-21(15-13-18)30(31,32)33)24(34-17(2)19-10-7-11-19)36-26(37-25)27-39-29(42)43-40-27/h12-15,17,19-20,22H,3-11,16H2,1-2H3,(H,39,40,42)(H2,34,35,36,37,38)/t17-,22?/m1/s1. The van der Waals surface area contributed by atoms with Crippen LogP contribution in [0, 0.1) is 11.8 Å². The minimum atomic E-state index is -4.41.